The molecule has 0 bridgehead atoms. The van der Waals surface area contributed by atoms with Crippen LogP contribution in [0.2, 0.25) is 0 Å². The van der Waals surface area contributed by atoms with Crippen LogP contribution in [0.3, 0.4) is 0 Å². The minimum atomic E-state index is -3.80. The lowest BCUT2D eigenvalue weighted by molar-refractivity contribution is 0.0296. The molecule has 0 aliphatic carbocycles. The van der Waals surface area contributed by atoms with Crippen LogP contribution in [-0.4, -0.2) is 50.1 Å². The van der Waals surface area contributed by atoms with Crippen LogP contribution < -0.4 is 5.14 Å². The van der Waals surface area contributed by atoms with Crippen molar-refractivity contribution in [3.8, 4) is 0 Å². The highest BCUT2D eigenvalue weighted by Gasteiger charge is 2.24. The molecule has 20 heavy (non-hydrogen) atoms. The lowest BCUT2D eigenvalue weighted by atomic mass is 10.3. The predicted octanol–water partition coefficient (Wildman–Crippen LogP) is 0.0179. The average molecular weight is 301 g/mol. The molecule has 0 radical (unpaired) electrons. The van der Waals surface area contributed by atoms with Gasteiger partial charge in [-0.2, -0.15) is 0 Å². The quantitative estimate of drug-likeness (QED) is 0.848. The Morgan fingerprint density at radius 1 is 1.40 bits per heavy atom. The van der Waals surface area contributed by atoms with Crippen molar-refractivity contribution in [2.24, 2.45) is 5.14 Å². The van der Waals surface area contributed by atoms with Gasteiger partial charge in [-0.05, 0) is 12.5 Å². The van der Waals surface area contributed by atoms with Gasteiger partial charge >= 0.3 is 0 Å². The fourth-order valence-corrected chi connectivity index (χ4v) is 2.72. The van der Waals surface area contributed by atoms with E-state index < -0.39 is 10.0 Å². The maximum Gasteiger partial charge on any atom is 0.270 e. The first-order valence-corrected chi connectivity index (χ1v) is 8.08. The van der Waals surface area contributed by atoms with Crippen molar-refractivity contribution in [3.63, 3.8) is 0 Å². The number of sulfonamides is 1. The van der Waals surface area contributed by atoms with Crippen LogP contribution >= 0.6 is 0 Å². The Morgan fingerprint density at radius 2 is 2.05 bits per heavy atom. The summed E-state index contributed by atoms with van der Waals surface area (Å²) in [6.45, 7) is 4.56. The highest BCUT2D eigenvalue weighted by molar-refractivity contribution is 7.89. The van der Waals surface area contributed by atoms with Gasteiger partial charge in [0, 0.05) is 25.8 Å². The Labute approximate surface area is 118 Å². The van der Waals surface area contributed by atoms with Gasteiger partial charge < -0.3 is 14.2 Å². The third kappa shape index (κ3) is 3.20. The van der Waals surface area contributed by atoms with Crippen molar-refractivity contribution in [1.82, 2.24) is 9.47 Å². The number of carbonyl (C=O) groups is 1. The summed E-state index contributed by atoms with van der Waals surface area (Å²) >= 11 is 0. The minimum Gasteiger partial charge on any atom is -0.378 e. The topological polar surface area (TPSA) is 94.6 Å². The van der Waals surface area contributed by atoms with Crippen LogP contribution in [0, 0.1) is 0 Å². The Bertz CT molecular complexity index is 588. The molecular formula is C12H19N3O4S. The molecular weight excluding hydrogens is 282 g/mol. The van der Waals surface area contributed by atoms with E-state index in [2.05, 4.69) is 0 Å². The number of rotatable bonds is 4. The number of hydrogen-bond acceptors (Lipinski definition) is 4. The molecule has 112 valence electrons. The minimum absolute atomic E-state index is 0.0254. The zero-order valence-corrected chi connectivity index (χ0v) is 12.2. The Balaban J connectivity index is 2.33. The molecule has 0 aromatic carbocycles. The van der Waals surface area contributed by atoms with Crippen LogP contribution in [0.4, 0.5) is 0 Å². The maximum atomic E-state index is 12.4. The molecule has 0 saturated carbocycles. The highest BCUT2D eigenvalue weighted by Crippen LogP contribution is 2.16. The van der Waals surface area contributed by atoms with Crippen LogP contribution in [-0.2, 0) is 21.3 Å². The fraction of sp³-hybridized carbons (Fsp3) is 0.583. The Kier molecular flexibility index (Phi) is 4.46. The summed E-state index contributed by atoms with van der Waals surface area (Å²) in [6, 6.07) is 1.35. The normalized spacial score (nSPS) is 16.4. The molecule has 1 aliphatic heterocycles. The standard InChI is InChI=1S/C12H19N3O4S/c1-2-3-15-9-10(20(13,17)18)8-11(15)12(16)14-4-6-19-7-5-14/h8-9H,2-7H2,1H3,(H2,13,17,18). The number of amides is 1. The van der Waals surface area contributed by atoms with Gasteiger partial charge in [-0.3, -0.25) is 4.79 Å². The van der Waals surface area contributed by atoms with Crippen LogP contribution in [0.25, 0.3) is 0 Å². The number of nitrogens with zero attached hydrogens (tertiary/aromatic N) is 2. The molecule has 1 amide bonds. The van der Waals surface area contributed by atoms with Crippen molar-refractivity contribution in [2.45, 2.75) is 24.8 Å². The summed E-state index contributed by atoms with van der Waals surface area (Å²) < 4.78 is 29.7. The van der Waals surface area contributed by atoms with E-state index in [1.807, 2.05) is 6.92 Å². The van der Waals surface area contributed by atoms with E-state index in [4.69, 9.17) is 9.88 Å². The summed E-state index contributed by atoms with van der Waals surface area (Å²) in [5.74, 6) is -0.184. The van der Waals surface area contributed by atoms with Crippen molar-refractivity contribution in [1.29, 1.82) is 0 Å². The van der Waals surface area contributed by atoms with Gasteiger partial charge in [0.2, 0.25) is 10.0 Å². The summed E-state index contributed by atoms with van der Waals surface area (Å²) in [5.41, 5.74) is 0.359. The molecule has 7 nitrogen and oxygen atoms in total. The number of hydrogen-bond donors (Lipinski definition) is 1. The molecule has 0 spiro atoms. The van der Waals surface area contributed by atoms with Gasteiger partial charge in [0.15, 0.2) is 0 Å². The molecule has 8 heteroatoms. The molecule has 2 N–H and O–H groups in total. The number of morpholine rings is 1. The van der Waals surface area contributed by atoms with Crippen LogP contribution in [0.5, 0.6) is 0 Å². The van der Waals surface area contributed by atoms with E-state index in [9.17, 15) is 13.2 Å². The molecule has 1 aromatic rings. The average Bonchev–Trinajstić information content (AvgIpc) is 2.83. The third-order valence-corrected chi connectivity index (χ3v) is 4.06. The Hall–Kier alpha value is -1.38. The monoisotopic (exact) mass is 301 g/mol. The number of aryl methyl sites for hydroxylation is 1. The SMILES string of the molecule is CCCn1cc(S(N)(=O)=O)cc1C(=O)N1CCOCC1. The first kappa shape index (κ1) is 15.0. The number of ether oxygens (including phenoxy) is 1. The van der Waals surface area contributed by atoms with E-state index in [0.717, 1.165) is 6.42 Å². The van der Waals surface area contributed by atoms with Gasteiger partial charge in [0.1, 0.15) is 10.6 Å². The van der Waals surface area contributed by atoms with Gasteiger partial charge in [-0.25, -0.2) is 13.6 Å². The summed E-state index contributed by atoms with van der Waals surface area (Å²) in [4.78, 5) is 14.1. The summed E-state index contributed by atoms with van der Waals surface area (Å²) in [7, 11) is -3.80. The maximum absolute atomic E-state index is 12.4. The number of primary sulfonamides is 1. The fourth-order valence-electron chi connectivity index (χ4n) is 2.17. The first-order valence-electron chi connectivity index (χ1n) is 6.53. The van der Waals surface area contributed by atoms with Crippen molar-refractivity contribution >= 4 is 15.9 Å². The summed E-state index contributed by atoms with van der Waals surface area (Å²) in [5, 5.41) is 5.13. The van der Waals surface area contributed by atoms with E-state index in [0.29, 0.717) is 38.5 Å². The molecule has 1 aromatic heterocycles. The second-order valence-electron chi connectivity index (χ2n) is 4.70. The van der Waals surface area contributed by atoms with E-state index in [-0.39, 0.29) is 10.8 Å². The van der Waals surface area contributed by atoms with Crippen molar-refractivity contribution < 1.29 is 17.9 Å². The second-order valence-corrected chi connectivity index (χ2v) is 6.27. The Morgan fingerprint density at radius 3 is 2.60 bits per heavy atom. The molecule has 2 heterocycles. The van der Waals surface area contributed by atoms with E-state index >= 15 is 0 Å². The van der Waals surface area contributed by atoms with Gasteiger partial charge in [0.25, 0.3) is 5.91 Å². The van der Waals surface area contributed by atoms with E-state index in [1.54, 1.807) is 9.47 Å². The van der Waals surface area contributed by atoms with Crippen molar-refractivity contribution in [2.75, 3.05) is 26.3 Å². The predicted molar refractivity (Wildman–Crippen MR) is 72.8 cm³/mol. The van der Waals surface area contributed by atoms with Crippen LogP contribution in [0.1, 0.15) is 23.8 Å². The number of carbonyl (C=O) groups excluding carboxylic acids is 1. The molecule has 0 atom stereocenters. The zero-order chi connectivity index (χ0) is 14.8. The number of aromatic nitrogens is 1. The second kappa shape index (κ2) is 5.94. The highest BCUT2D eigenvalue weighted by atomic mass is 32.2. The molecule has 0 unspecified atom stereocenters. The summed E-state index contributed by atoms with van der Waals surface area (Å²) in [6.07, 6.45) is 2.22. The molecule has 1 saturated heterocycles. The number of nitrogens with two attached hydrogens (primary N) is 1. The van der Waals surface area contributed by atoms with Crippen molar-refractivity contribution in [3.05, 3.63) is 18.0 Å². The van der Waals surface area contributed by atoms with Crippen LogP contribution in [0.15, 0.2) is 17.2 Å². The smallest absolute Gasteiger partial charge is 0.270 e. The molecule has 1 aliphatic rings. The lowest BCUT2D eigenvalue weighted by Gasteiger charge is -2.27. The van der Waals surface area contributed by atoms with Gasteiger partial charge in [-0.1, -0.05) is 6.92 Å². The third-order valence-electron chi connectivity index (χ3n) is 3.18. The molecule has 2 rings (SSSR count). The van der Waals surface area contributed by atoms with Gasteiger partial charge in [0.05, 0.1) is 13.2 Å². The largest absolute Gasteiger partial charge is 0.378 e. The first-order chi connectivity index (χ1) is 9.43. The van der Waals surface area contributed by atoms with Gasteiger partial charge in [-0.15, -0.1) is 0 Å². The lowest BCUT2D eigenvalue weighted by Crippen LogP contribution is -2.41. The zero-order valence-electron chi connectivity index (χ0n) is 11.4. The van der Waals surface area contributed by atoms with E-state index in [1.165, 1.54) is 12.3 Å². The molecule has 1 fully saturated rings.